The number of likely N-dealkylation sites (tertiary alicyclic amines) is 1. The molecule has 1 spiro atoms. The van der Waals surface area contributed by atoms with Crippen LogP contribution in [0.15, 0.2) is 42.6 Å². The van der Waals surface area contributed by atoms with E-state index < -0.39 is 17.2 Å². The molecule has 2 aromatic rings. The lowest BCUT2D eigenvalue weighted by Gasteiger charge is -2.48. The first-order valence-electron chi connectivity index (χ1n) is 10.00. The van der Waals surface area contributed by atoms with Crippen LogP contribution in [0.25, 0.3) is 0 Å². The molecule has 1 atom stereocenters. The summed E-state index contributed by atoms with van der Waals surface area (Å²) in [6.07, 6.45) is 1.58. The number of carbonyl (C=O) groups excluding carboxylic acids is 3. The molecule has 0 bridgehead atoms. The van der Waals surface area contributed by atoms with E-state index in [0.29, 0.717) is 24.3 Å². The fraction of sp³-hybridized carbons (Fsp3) is 0.364. The van der Waals surface area contributed by atoms with Crippen molar-refractivity contribution in [3.05, 3.63) is 59.9 Å². The molecule has 1 unspecified atom stereocenters. The third kappa shape index (κ3) is 4.12. The second-order valence-electron chi connectivity index (χ2n) is 8.00. The van der Waals surface area contributed by atoms with Gasteiger partial charge in [0, 0.05) is 31.4 Å². The van der Waals surface area contributed by atoms with E-state index >= 15 is 0 Å². The van der Waals surface area contributed by atoms with Crippen molar-refractivity contribution < 1.29 is 23.2 Å². The Labute approximate surface area is 178 Å². The van der Waals surface area contributed by atoms with Crippen molar-refractivity contribution in [1.29, 1.82) is 0 Å². The van der Waals surface area contributed by atoms with E-state index in [2.05, 4.69) is 4.98 Å². The summed E-state index contributed by atoms with van der Waals surface area (Å²) < 4.78 is 26.8. The molecular formula is C22H22F2N4O3. The zero-order valence-corrected chi connectivity index (χ0v) is 17.1. The van der Waals surface area contributed by atoms with Gasteiger partial charge in [0.15, 0.2) is 0 Å². The van der Waals surface area contributed by atoms with Crippen LogP contribution in [0.2, 0.25) is 0 Å². The van der Waals surface area contributed by atoms with Gasteiger partial charge in [0.2, 0.25) is 17.7 Å². The number of pyridine rings is 1. The third-order valence-corrected chi connectivity index (χ3v) is 5.93. The molecule has 2 saturated heterocycles. The monoisotopic (exact) mass is 428 g/mol. The molecule has 1 aromatic carbocycles. The molecule has 2 aliphatic heterocycles. The van der Waals surface area contributed by atoms with Gasteiger partial charge in [0.05, 0.1) is 24.7 Å². The minimum absolute atomic E-state index is 0.0168. The van der Waals surface area contributed by atoms with Crippen LogP contribution in [0.5, 0.6) is 0 Å². The summed E-state index contributed by atoms with van der Waals surface area (Å²) in [5, 5.41) is 0. The fourth-order valence-corrected chi connectivity index (χ4v) is 4.38. The number of halogens is 2. The average molecular weight is 428 g/mol. The number of piperazine rings is 1. The number of rotatable bonds is 3. The van der Waals surface area contributed by atoms with Gasteiger partial charge in [0.1, 0.15) is 18.2 Å². The van der Waals surface area contributed by atoms with Crippen molar-refractivity contribution in [3.8, 4) is 0 Å². The lowest BCUT2D eigenvalue weighted by atomic mass is 9.91. The number of aromatic nitrogens is 1. The molecule has 1 aromatic heterocycles. The molecule has 2 fully saturated rings. The molecular weight excluding hydrogens is 406 g/mol. The molecule has 0 N–H and O–H groups in total. The van der Waals surface area contributed by atoms with E-state index in [1.165, 1.54) is 47.1 Å². The first kappa shape index (κ1) is 20.9. The maximum Gasteiger partial charge on any atom is 0.246 e. The highest BCUT2D eigenvalue weighted by Gasteiger charge is 2.51. The first-order chi connectivity index (χ1) is 14.8. The van der Waals surface area contributed by atoms with Gasteiger partial charge in [-0.15, -0.1) is 0 Å². The molecule has 9 heteroatoms. The Hall–Kier alpha value is -3.36. The molecule has 7 nitrogen and oxygen atoms in total. The summed E-state index contributed by atoms with van der Waals surface area (Å²) >= 11 is 0. The lowest BCUT2D eigenvalue weighted by molar-refractivity contribution is -0.143. The van der Waals surface area contributed by atoms with Gasteiger partial charge < -0.3 is 14.7 Å². The number of anilines is 1. The van der Waals surface area contributed by atoms with Gasteiger partial charge in [-0.1, -0.05) is 6.07 Å². The SMILES string of the molecule is CC(=O)N1CC(=O)N(c2cccc(F)c2)CC12CCN(C(=O)Cc1ccc(F)cn1)C2. The number of hydrogen-bond donors (Lipinski definition) is 0. The number of carbonyl (C=O) groups is 3. The van der Waals surface area contributed by atoms with Crippen LogP contribution in [0.1, 0.15) is 19.0 Å². The maximum atomic E-state index is 13.7. The third-order valence-electron chi connectivity index (χ3n) is 5.93. The van der Waals surface area contributed by atoms with Gasteiger partial charge in [-0.05, 0) is 36.8 Å². The average Bonchev–Trinajstić information content (AvgIpc) is 3.16. The van der Waals surface area contributed by atoms with Crippen LogP contribution in [0.4, 0.5) is 14.5 Å². The first-order valence-corrected chi connectivity index (χ1v) is 10.00. The summed E-state index contributed by atoms with van der Waals surface area (Å²) in [4.78, 5) is 46.5. The molecule has 0 radical (unpaired) electrons. The minimum Gasteiger partial charge on any atom is -0.340 e. The summed E-state index contributed by atoms with van der Waals surface area (Å²) in [5.74, 6) is -1.66. The van der Waals surface area contributed by atoms with Crippen molar-refractivity contribution in [2.24, 2.45) is 0 Å². The maximum absolute atomic E-state index is 13.7. The van der Waals surface area contributed by atoms with Crippen LogP contribution in [0.3, 0.4) is 0 Å². The summed E-state index contributed by atoms with van der Waals surface area (Å²) in [6, 6.07) is 8.48. The Balaban J connectivity index is 1.55. The Kier molecular flexibility index (Phi) is 5.43. The van der Waals surface area contributed by atoms with E-state index in [1.54, 1.807) is 11.0 Å². The normalized spacial score (nSPS) is 21.1. The second kappa shape index (κ2) is 8.05. The van der Waals surface area contributed by atoms with Gasteiger partial charge in [-0.25, -0.2) is 8.78 Å². The van der Waals surface area contributed by atoms with Gasteiger partial charge in [0.25, 0.3) is 0 Å². The minimum atomic E-state index is -0.752. The van der Waals surface area contributed by atoms with E-state index in [-0.39, 0.29) is 43.8 Å². The Morgan fingerprint density at radius 1 is 1.13 bits per heavy atom. The van der Waals surface area contributed by atoms with Gasteiger partial charge in [-0.2, -0.15) is 0 Å². The van der Waals surface area contributed by atoms with Crippen LogP contribution in [0, 0.1) is 11.6 Å². The largest absolute Gasteiger partial charge is 0.340 e. The standard InChI is InChI=1S/C22H22F2N4O3/c1-15(29)28-12-21(31)27(19-4-2-3-16(23)9-19)14-22(28)7-8-26(13-22)20(30)10-18-6-5-17(24)11-25-18/h2-6,9,11H,7-8,10,12-14H2,1H3. The molecule has 3 heterocycles. The number of hydrogen-bond acceptors (Lipinski definition) is 4. The summed E-state index contributed by atoms with van der Waals surface area (Å²) in [5.41, 5.74) is 0.127. The fourth-order valence-electron chi connectivity index (χ4n) is 4.38. The van der Waals surface area contributed by atoms with Crippen molar-refractivity contribution >= 4 is 23.4 Å². The van der Waals surface area contributed by atoms with Crippen LogP contribution in [-0.4, -0.2) is 64.2 Å². The van der Waals surface area contributed by atoms with Crippen molar-refractivity contribution in [1.82, 2.24) is 14.8 Å². The topological polar surface area (TPSA) is 73.8 Å². The summed E-state index contributed by atoms with van der Waals surface area (Å²) in [6.45, 7) is 2.11. The molecule has 2 aliphatic rings. The highest BCUT2D eigenvalue weighted by Crippen LogP contribution is 2.35. The Morgan fingerprint density at radius 3 is 2.61 bits per heavy atom. The molecule has 0 saturated carbocycles. The zero-order chi connectivity index (χ0) is 22.2. The van der Waals surface area contributed by atoms with Crippen LogP contribution in [-0.2, 0) is 20.8 Å². The highest BCUT2D eigenvalue weighted by molar-refractivity contribution is 5.98. The predicted molar refractivity (Wildman–Crippen MR) is 108 cm³/mol. The second-order valence-corrected chi connectivity index (χ2v) is 8.00. The van der Waals surface area contributed by atoms with Crippen molar-refractivity contribution in [2.75, 3.05) is 31.1 Å². The lowest BCUT2D eigenvalue weighted by Crippen LogP contribution is -2.67. The van der Waals surface area contributed by atoms with Crippen molar-refractivity contribution in [2.45, 2.75) is 25.3 Å². The number of nitrogens with zero attached hydrogens (tertiary/aromatic N) is 4. The zero-order valence-electron chi connectivity index (χ0n) is 17.1. The molecule has 31 heavy (non-hydrogen) atoms. The van der Waals surface area contributed by atoms with E-state index in [4.69, 9.17) is 0 Å². The van der Waals surface area contributed by atoms with Gasteiger partial charge >= 0.3 is 0 Å². The molecule has 4 rings (SSSR count). The smallest absolute Gasteiger partial charge is 0.246 e. The Morgan fingerprint density at radius 2 is 1.94 bits per heavy atom. The quantitative estimate of drug-likeness (QED) is 0.747. The number of amides is 3. The van der Waals surface area contributed by atoms with E-state index in [9.17, 15) is 23.2 Å². The molecule has 162 valence electrons. The van der Waals surface area contributed by atoms with Gasteiger partial charge in [-0.3, -0.25) is 19.4 Å². The predicted octanol–water partition coefficient (Wildman–Crippen LogP) is 1.77. The van der Waals surface area contributed by atoms with E-state index in [0.717, 1.165) is 6.20 Å². The highest BCUT2D eigenvalue weighted by atomic mass is 19.1. The summed E-state index contributed by atoms with van der Waals surface area (Å²) in [7, 11) is 0. The van der Waals surface area contributed by atoms with Crippen molar-refractivity contribution in [3.63, 3.8) is 0 Å². The molecule has 3 amide bonds. The Bertz CT molecular complexity index is 1030. The van der Waals surface area contributed by atoms with E-state index in [1.807, 2.05) is 0 Å². The molecule has 0 aliphatic carbocycles. The van der Waals surface area contributed by atoms with Crippen LogP contribution >= 0.6 is 0 Å². The number of benzene rings is 1. The van der Waals surface area contributed by atoms with Crippen LogP contribution < -0.4 is 4.90 Å².